The van der Waals surface area contributed by atoms with E-state index in [1.165, 1.54) is 18.4 Å². The van der Waals surface area contributed by atoms with Gasteiger partial charge in [-0.25, -0.2) is 0 Å². The minimum absolute atomic E-state index is 0.0562. The monoisotopic (exact) mass is 307 g/mol. The number of nitrogens with one attached hydrogen (secondary N) is 1. The molecular weight excluding hydrogens is 278 g/mol. The summed E-state index contributed by atoms with van der Waals surface area (Å²) in [4.78, 5) is 14.1. The van der Waals surface area contributed by atoms with Crippen LogP contribution in [-0.2, 0) is 11.3 Å². The average molecular weight is 307 g/mol. The number of carbonyl (C=O) groups excluding carboxylic acids is 1. The van der Waals surface area contributed by atoms with E-state index in [4.69, 9.17) is 5.73 Å². The number of rotatable bonds is 7. The van der Waals surface area contributed by atoms with Gasteiger partial charge in [-0.05, 0) is 33.2 Å². The smallest absolute Gasteiger partial charge is 0.221 e. The first-order valence-electron chi connectivity index (χ1n) is 8.34. The van der Waals surface area contributed by atoms with E-state index in [9.17, 15) is 4.79 Å². The van der Waals surface area contributed by atoms with E-state index in [2.05, 4.69) is 35.4 Å². The van der Waals surface area contributed by atoms with Crippen LogP contribution in [-0.4, -0.2) is 46.3 Å². The van der Waals surface area contributed by atoms with Gasteiger partial charge in [-0.1, -0.05) is 6.42 Å². The van der Waals surface area contributed by atoms with Crippen LogP contribution in [0.2, 0.25) is 0 Å². The van der Waals surface area contributed by atoms with Crippen molar-refractivity contribution in [2.24, 2.45) is 5.73 Å². The minimum atomic E-state index is 0.0562. The molecule has 1 atom stereocenters. The Balaban J connectivity index is 1.89. The lowest BCUT2D eigenvalue weighted by Gasteiger charge is -2.35. The van der Waals surface area contributed by atoms with Crippen molar-refractivity contribution in [3.05, 3.63) is 18.0 Å². The summed E-state index contributed by atoms with van der Waals surface area (Å²) < 4.78 is 2.00. The Hall–Kier alpha value is -1.40. The second-order valence-corrected chi connectivity index (χ2v) is 6.39. The van der Waals surface area contributed by atoms with E-state index < -0.39 is 0 Å². The van der Waals surface area contributed by atoms with Crippen LogP contribution < -0.4 is 11.1 Å². The molecule has 0 radical (unpaired) electrons. The van der Waals surface area contributed by atoms with Crippen LogP contribution >= 0.6 is 0 Å². The number of aromatic nitrogens is 2. The molecule has 0 saturated carbocycles. The fourth-order valence-corrected chi connectivity index (χ4v) is 2.93. The molecule has 1 fully saturated rings. The molecule has 0 spiro atoms. The number of nitrogens with zero attached hydrogens (tertiary/aromatic N) is 3. The fraction of sp³-hybridized carbons (Fsp3) is 0.750. The molecule has 2 heterocycles. The second-order valence-electron chi connectivity index (χ2n) is 6.39. The minimum Gasteiger partial charge on any atom is -0.354 e. The van der Waals surface area contributed by atoms with Crippen molar-refractivity contribution in [2.45, 2.75) is 58.2 Å². The van der Waals surface area contributed by atoms with Crippen LogP contribution in [0.25, 0.3) is 0 Å². The molecule has 22 heavy (non-hydrogen) atoms. The zero-order chi connectivity index (χ0) is 15.9. The summed E-state index contributed by atoms with van der Waals surface area (Å²) in [5, 5.41) is 7.42. The Morgan fingerprint density at radius 1 is 1.50 bits per heavy atom. The van der Waals surface area contributed by atoms with Gasteiger partial charge in [0.15, 0.2) is 0 Å². The molecule has 1 aromatic heterocycles. The summed E-state index contributed by atoms with van der Waals surface area (Å²) in [6.45, 7) is 7.39. The molecule has 0 aliphatic carbocycles. The normalized spacial score (nSPS) is 19.5. The SMILES string of the molecule is CC(C)n1cc(CN2CCCCC2CNC(=O)CCN)cn1. The zero-order valence-electron chi connectivity index (χ0n) is 13.8. The summed E-state index contributed by atoms with van der Waals surface area (Å²) in [6, 6.07) is 0.805. The Kier molecular flexibility index (Phi) is 6.39. The van der Waals surface area contributed by atoms with Crippen molar-refractivity contribution in [2.75, 3.05) is 19.6 Å². The Morgan fingerprint density at radius 2 is 2.32 bits per heavy atom. The topological polar surface area (TPSA) is 76.2 Å². The van der Waals surface area contributed by atoms with Crippen molar-refractivity contribution >= 4 is 5.91 Å². The molecule has 124 valence electrons. The van der Waals surface area contributed by atoms with Gasteiger partial charge in [0.05, 0.1) is 6.20 Å². The molecule has 1 amide bonds. The number of hydrogen-bond acceptors (Lipinski definition) is 4. The average Bonchev–Trinajstić information content (AvgIpc) is 2.95. The van der Waals surface area contributed by atoms with Crippen LogP contribution in [0.3, 0.4) is 0 Å². The largest absolute Gasteiger partial charge is 0.354 e. The maximum Gasteiger partial charge on any atom is 0.221 e. The molecule has 3 N–H and O–H groups in total. The van der Waals surface area contributed by atoms with Crippen LogP contribution in [0.4, 0.5) is 0 Å². The lowest BCUT2D eigenvalue weighted by molar-refractivity contribution is -0.121. The zero-order valence-corrected chi connectivity index (χ0v) is 13.8. The number of nitrogens with two attached hydrogens (primary N) is 1. The predicted octanol–water partition coefficient (Wildman–Crippen LogP) is 1.28. The van der Waals surface area contributed by atoms with Gasteiger partial charge in [0.1, 0.15) is 0 Å². The standard InChI is InChI=1S/C16H29N5O/c1-13(2)21-12-14(9-19-21)11-20-8-4-3-5-15(20)10-18-16(22)6-7-17/h9,12-13,15H,3-8,10-11,17H2,1-2H3,(H,18,22). The summed E-state index contributed by atoms with van der Waals surface area (Å²) in [5.74, 6) is 0.0562. The van der Waals surface area contributed by atoms with E-state index >= 15 is 0 Å². The van der Waals surface area contributed by atoms with Crippen LogP contribution in [0.1, 0.15) is 51.1 Å². The van der Waals surface area contributed by atoms with Gasteiger partial charge in [-0.15, -0.1) is 0 Å². The molecule has 1 aliphatic heterocycles. The lowest BCUT2D eigenvalue weighted by atomic mass is 10.0. The third-order valence-electron chi connectivity index (χ3n) is 4.23. The Bertz CT molecular complexity index is 471. The van der Waals surface area contributed by atoms with Crippen molar-refractivity contribution in [3.63, 3.8) is 0 Å². The lowest BCUT2D eigenvalue weighted by Crippen LogP contribution is -2.46. The third-order valence-corrected chi connectivity index (χ3v) is 4.23. The molecule has 0 aromatic carbocycles. The second kappa shape index (κ2) is 8.29. The Morgan fingerprint density at radius 3 is 3.00 bits per heavy atom. The van der Waals surface area contributed by atoms with Crippen LogP contribution in [0, 0.1) is 0 Å². The first-order chi connectivity index (χ1) is 10.6. The van der Waals surface area contributed by atoms with Crippen molar-refractivity contribution in [1.82, 2.24) is 20.0 Å². The van der Waals surface area contributed by atoms with Crippen LogP contribution in [0.15, 0.2) is 12.4 Å². The molecule has 1 aromatic rings. The number of amides is 1. The van der Waals surface area contributed by atoms with E-state index in [0.29, 0.717) is 25.0 Å². The van der Waals surface area contributed by atoms with E-state index in [0.717, 1.165) is 26.1 Å². The maximum atomic E-state index is 11.6. The predicted molar refractivity (Wildman–Crippen MR) is 87.3 cm³/mol. The fourth-order valence-electron chi connectivity index (χ4n) is 2.93. The summed E-state index contributed by atoms with van der Waals surface area (Å²) in [5.41, 5.74) is 6.66. The van der Waals surface area contributed by atoms with Crippen molar-refractivity contribution in [1.29, 1.82) is 0 Å². The van der Waals surface area contributed by atoms with Gasteiger partial charge in [-0.3, -0.25) is 14.4 Å². The van der Waals surface area contributed by atoms with E-state index in [1.807, 2.05) is 10.9 Å². The highest BCUT2D eigenvalue weighted by molar-refractivity contribution is 5.76. The molecule has 6 heteroatoms. The highest BCUT2D eigenvalue weighted by Gasteiger charge is 2.23. The number of hydrogen-bond donors (Lipinski definition) is 2. The maximum absolute atomic E-state index is 11.6. The highest BCUT2D eigenvalue weighted by atomic mass is 16.1. The first-order valence-corrected chi connectivity index (χ1v) is 8.34. The Labute approximate surface area is 133 Å². The van der Waals surface area contributed by atoms with Crippen LogP contribution in [0.5, 0.6) is 0 Å². The quantitative estimate of drug-likeness (QED) is 0.796. The molecule has 1 saturated heterocycles. The molecular formula is C16H29N5O. The molecule has 1 unspecified atom stereocenters. The summed E-state index contributed by atoms with van der Waals surface area (Å²) >= 11 is 0. The summed E-state index contributed by atoms with van der Waals surface area (Å²) in [7, 11) is 0. The van der Waals surface area contributed by atoms with Gasteiger partial charge in [0.2, 0.25) is 5.91 Å². The van der Waals surface area contributed by atoms with E-state index in [1.54, 1.807) is 0 Å². The first kappa shape index (κ1) is 17.0. The summed E-state index contributed by atoms with van der Waals surface area (Å²) in [6.07, 6.45) is 8.10. The van der Waals surface area contributed by atoms with Gasteiger partial charge in [0, 0.05) is 49.9 Å². The third kappa shape index (κ3) is 4.81. The van der Waals surface area contributed by atoms with Gasteiger partial charge in [0.25, 0.3) is 0 Å². The number of likely N-dealkylation sites (tertiary alicyclic amines) is 1. The number of carbonyl (C=O) groups is 1. The molecule has 0 bridgehead atoms. The van der Waals surface area contributed by atoms with Gasteiger partial charge >= 0.3 is 0 Å². The van der Waals surface area contributed by atoms with Crippen molar-refractivity contribution < 1.29 is 4.79 Å². The van der Waals surface area contributed by atoms with Gasteiger partial charge in [-0.2, -0.15) is 5.10 Å². The number of piperidine rings is 1. The molecule has 6 nitrogen and oxygen atoms in total. The highest BCUT2D eigenvalue weighted by Crippen LogP contribution is 2.19. The van der Waals surface area contributed by atoms with Gasteiger partial charge < -0.3 is 11.1 Å². The van der Waals surface area contributed by atoms with E-state index in [-0.39, 0.29) is 5.91 Å². The molecule has 1 aliphatic rings. The molecule has 2 rings (SSSR count). The van der Waals surface area contributed by atoms with Crippen molar-refractivity contribution in [3.8, 4) is 0 Å².